The van der Waals surface area contributed by atoms with Gasteiger partial charge >= 0.3 is 0 Å². The summed E-state index contributed by atoms with van der Waals surface area (Å²) in [6, 6.07) is 7.79. The third kappa shape index (κ3) is 4.09. The molecule has 34 heavy (non-hydrogen) atoms. The predicted octanol–water partition coefficient (Wildman–Crippen LogP) is 0.981. The van der Waals surface area contributed by atoms with Crippen LogP contribution >= 0.6 is 0 Å². The molecule has 2 saturated heterocycles. The molecule has 0 radical (unpaired) electrons. The average Bonchev–Trinajstić information content (AvgIpc) is 3.61. The lowest BCUT2D eigenvalue weighted by Crippen LogP contribution is -2.53. The molecule has 2 aliphatic heterocycles. The number of Topliss-reactive ketones (excluding diaryl/α,β-unsaturated/α-hetero) is 1. The second-order valence-corrected chi connectivity index (χ2v) is 9.73. The number of rotatable bonds is 7. The number of carbonyl (C=O) groups excluding carboxylic acids is 4. The van der Waals surface area contributed by atoms with Crippen LogP contribution in [0, 0.1) is 17.8 Å². The average molecular weight is 467 g/mol. The van der Waals surface area contributed by atoms with Crippen LogP contribution in [0.25, 0.3) is 10.9 Å². The number of hydrogen-bond acceptors (Lipinski definition) is 5. The first kappa shape index (κ1) is 22.6. The number of fused-ring (bicyclic) bond motifs is 2. The quantitative estimate of drug-likeness (QED) is 0.483. The monoisotopic (exact) mass is 466 g/mol. The normalized spacial score (nSPS) is 27.0. The Morgan fingerprint density at radius 2 is 2.00 bits per heavy atom. The molecule has 1 aromatic carbocycles. The molecule has 3 aliphatic rings. The van der Waals surface area contributed by atoms with E-state index in [1.165, 1.54) is 0 Å². The SMILES string of the molecule is O=C1NCC[C@@H]1C[C@@H](NC(=O)[C@@H]1[C@@H]2CCC[C@@H]2CN1C(=O)c1cc2ccccc2[nH]1)C(=O)CO. The first-order chi connectivity index (χ1) is 16.5. The van der Waals surface area contributed by atoms with Crippen LogP contribution in [0.1, 0.15) is 42.6 Å². The highest BCUT2D eigenvalue weighted by molar-refractivity contribution is 6.01. The van der Waals surface area contributed by atoms with Gasteiger partial charge in [0.2, 0.25) is 11.8 Å². The van der Waals surface area contributed by atoms with Crippen LogP contribution in [0.3, 0.4) is 0 Å². The van der Waals surface area contributed by atoms with E-state index in [1.807, 2.05) is 24.3 Å². The number of aliphatic hydroxyl groups excluding tert-OH is 1. The van der Waals surface area contributed by atoms with Crippen molar-refractivity contribution < 1.29 is 24.3 Å². The molecule has 3 amide bonds. The number of likely N-dealkylation sites (tertiary alicyclic amines) is 1. The second kappa shape index (κ2) is 9.21. The van der Waals surface area contributed by atoms with E-state index >= 15 is 0 Å². The van der Waals surface area contributed by atoms with Gasteiger partial charge in [-0.3, -0.25) is 19.2 Å². The zero-order valence-corrected chi connectivity index (χ0v) is 19.0. The van der Waals surface area contributed by atoms with Gasteiger partial charge in [-0.05, 0) is 49.7 Å². The van der Waals surface area contributed by atoms with Gasteiger partial charge in [-0.15, -0.1) is 0 Å². The number of hydrogen-bond donors (Lipinski definition) is 4. The molecule has 3 heterocycles. The highest BCUT2D eigenvalue weighted by Gasteiger charge is 2.50. The number of aliphatic hydroxyl groups is 1. The Morgan fingerprint density at radius 1 is 1.18 bits per heavy atom. The van der Waals surface area contributed by atoms with Gasteiger partial charge in [-0.2, -0.15) is 0 Å². The molecular weight excluding hydrogens is 436 g/mol. The Hall–Kier alpha value is -3.20. The second-order valence-electron chi connectivity index (χ2n) is 9.73. The van der Waals surface area contributed by atoms with Gasteiger partial charge in [0.1, 0.15) is 18.3 Å². The first-order valence-corrected chi connectivity index (χ1v) is 12.1. The Kier molecular flexibility index (Phi) is 6.12. The number of carbonyl (C=O) groups is 4. The number of nitrogens with one attached hydrogen (secondary N) is 3. The summed E-state index contributed by atoms with van der Waals surface area (Å²) in [4.78, 5) is 56.3. The highest BCUT2D eigenvalue weighted by atomic mass is 16.3. The Morgan fingerprint density at radius 3 is 2.74 bits per heavy atom. The van der Waals surface area contributed by atoms with Crippen LogP contribution in [0.5, 0.6) is 0 Å². The van der Waals surface area contributed by atoms with E-state index in [1.54, 1.807) is 11.0 Å². The number of ketones is 1. The summed E-state index contributed by atoms with van der Waals surface area (Å²) in [5.74, 6) is -1.38. The Balaban J connectivity index is 1.38. The van der Waals surface area contributed by atoms with Crippen molar-refractivity contribution in [1.82, 2.24) is 20.5 Å². The number of para-hydroxylation sites is 1. The molecule has 4 N–H and O–H groups in total. The van der Waals surface area contributed by atoms with Crippen molar-refractivity contribution in [2.24, 2.45) is 17.8 Å². The molecule has 1 aliphatic carbocycles. The fourth-order valence-corrected chi connectivity index (χ4v) is 5.99. The standard InChI is InChI=1S/C25H30N4O5/c30-13-21(31)19(11-15-8-9-26-23(15)32)28-24(33)22-17-6-3-5-16(17)12-29(22)25(34)20-10-14-4-1-2-7-18(14)27-20/h1-2,4,7,10,15-17,19,22,27,30H,3,5-6,8-9,11-13H2,(H,26,32)(H,28,33)/t15-,16-,17-,19-,22+/m1/s1. The van der Waals surface area contributed by atoms with E-state index in [-0.39, 0.29) is 41.9 Å². The summed E-state index contributed by atoms with van der Waals surface area (Å²) < 4.78 is 0. The maximum absolute atomic E-state index is 13.5. The van der Waals surface area contributed by atoms with E-state index < -0.39 is 24.5 Å². The maximum atomic E-state index is 13.5. The van der Waals surface area contributed by atoms with Crippen LogP contribution in [0.2, 0.25) is 0 Å². The molecule has 1 saturated carbocycles. The van der Waals surface area contributed by atoms with Crippen LogP contribution in [0.15, 0.2) is 30.3 Å². The minimum atomic E-state index is -0.961. The van der Waals surface area contributed by atoms with Crippen molar-refractivity contribution in [3.05, 3.63) is 36.0 Å². The summed E-state index contributed by atoms with van der Waals surface area (Å²) in [5.41, 5.74) is 1.29. The highest BCUT2D eigenvalue weighted by Crippen LogP contribution is 2.43. The van der Waals surface area contributed by atoms with Crippen molar-refractivity contribution in [3.63, 3.8) is 0 Å². The van der Waals surface area contributed by atoms with Crippen molar-refractivity contribution in [2.75, 3.05) is 19.7 Å². The number of aromatic amines is 1. The van der Waals surface area contributed by atoms with Crippen molar-refractivity contribution in [2.45, 2.75) is 44.2 Å². The zero-order valence-electron chi connectivity index (χ0n) is 19.0. The van der Waals surface area contributed by atoms with E-state index in [0.29, 0.717) is 25.2 Å². The zero-order chi connectivity index (χ0) is 23.8. The number of H-pyrrole nitrogens is 1. The summed E-state index contributed by atoms with van der Waals surface area (Å²) in [6.45, 7) is 0.324. The first-order valence-electron chi connectivity index (χ1n) is 12.1. The molecule has 0 bridgehead atoms. The van der Waals surface area contributed by atoms with Crippen LogP contribution < -0.4 is 10.6 Å². The van der Waals surface area contributed by atoms with Crippen molar-refractivity contribution >= 4 is 34.4 Å². The third-order valence-corrected chi connectivity index (χ3v) is 7.72. The molecule has 3 fully saturated rings. The summed E-state index contributed by atoms with van der Waals surface area (Å²) >= 11 is 0. The lowest BCUT2D eigenvalue weighted by atomic mass is 9.92. The molecule has 0 unspecified atom stereocenters. The van der Waals surface area contributed by atoms with E-state index in [0.717, 1.165) is 30.2 Å². The van der Waals surface area contributed by atoms with Crippen LogP contribution in [0.4, 0.5) is 0 Å². The lowest BCUT2D eigenvalue weighted by molar-refractivity contribution is -0.133. The molecule has 180 valence electrons. The van der Waals surface area contributed by atoms with Gasteiger partial charge in [0, 0.05) is 29.9 Å². The molecule has 2 aromatic rings. The van der Waals surface area contributed by atoms with Gasteiger partial charge in [0.05, 0.1) is 6.04 Å². The summed E-state index contributed by atoms with van der Waals surface area (Å²) in [7, 11) is 0. The summed E-state index contributed by atoms with van der Waals surface area (Å²) in [5, 5.41) is 15.9. The molecule has 9 nitrogen and oxygen atoms in total. The van der Waals surface area contributed by atoms with Gasteiger partial charge in [0.25, 0.3) is 5.91 Å². The van der Waals surface area contributed by atoms with Crippen molar-refractivity contribution in [3.8, 4) is 0 Å². The molecule has 9 heteroatoms. The molecule has 0 spiro atoms. The van der Waals surface area contributed by atoms with E-state index in [4.69, 9.17) is 0 Å². The predicted molar refractivity (Wildman–Crippen MR) is 124 cm³/mol. The lowest BCUT2D eigenvalue weighted by Gasteiger charge is -2.29. The maximum Gasteiger partial charge on any atom is 0.271 e. The molecule has 1 aromatic heterocycles. The smallest absolute Gasteiger partial charge is 0.271 e. The fraction of sp³-hybridized carbons (Fsp3) is 0.520. The third-order valence-electron chi connectivity index (χ3n) is 7.72. The number of benzene rings is 1. The fourth-order valence-electron chi connectivity index (χ4n) is 5.99. The Bertz CT molecular complexity index is 1090. The summed E-state index contributed by atoms with van der Waals surface area (Å²) in [6.07, 6.45) is 3.56. The van der Waals surface area contributed by atoms with Crippen molar-refractivity contribution in [1.29, 1.82) is 0 Å². The van der Waals surface area contributed by atoms with Gasteiger partial charge in [0.15, 0.2) is 5.78 Å². The largest absolute Gasteiger partial charge is 0.389 e. The Labute approximate surface area is 197 Å². The number of aromatic nitrogens is 1. The minimum absolute atomic E-state index is 0.0352. The van der Waals surface area contributed by atoms with Crippen LogP contribution in [-0.4, -0.2) is 70.3 Å². The molecule has 5 atom stereocenters. The van der Waals surface area contributed by atoms with Gasteiger partial charge in [-0.25, -0.2) is 0 Å². The number of amides is 3. The minimum Gasteiger partial charge on any atom is -0.389 e. The topological polar surface area (TPSA) is 132 Å². The van der Waals surface area contributed by atoms with E-state index in [9.17, 15) is 24.3 Å². The van der Waals surface area contributed by atoms with Gasteiger partial charge in [-0.1, -0.05) is 24.6 Å². The van der Waals surface area contributed by atoms with E-state index in [2.05, 4.69) is 15.6 Å². The number of nitrogens with zero attached hydrogens (tertiary/aromatic N) is 1. The molecular formula is C25H30N4O5. The molecule has 5 rings (SSSR count). The van der Waals surface area contributed by atoms with Crippen LogP contribution in [-0.2, 0) is 14.4 Å². The van der Waals surface area contributed by atoms with Gasteiger partial charge < -0.3 is 25.6 Å².